The van der Waals surface area contributed by atoms with Gasteiger partial charge in [-0.3, -0.25) is 9.69 Å². The number of nitrogens with one attached hydrogen (secondary N) is 1. The Hall–Kier alpha value is -0.650. The molecule has 0 aromatic heterocycles. The van der Waals surface area contributed by atoms with Crippen molar-refractivity contribution >= 4 is 5.97 Å². The summed E-state index contributed by atoms with van der Waals surface area (Å²) < 4.78 is 5.68. The molecule has 2 fully saturated rings. The SMILES string of the molecule is CC1CC(C(=O)O)(N2CCNCC2)CC(C)O1. The van der Waals surface area contributed by atoms with Gasteiger partial charge in [0.05, 0.1) is 12.2 Å². The zero-order valence-corrected chi connectivity index (χ0v) is 10.6. The van der Waals surface area contributed by atoms with Crippen LogP contribution < -0.4 is 5.32 Å². The highest BCUT2D eigenvalue weighted by molar-refractivity contribution is 5.79. The van der Waals surface area contributed by atoms with Crippen molar-refractivity contribution in [3.05, 3.63) is 0 Å². The molecule has 2 rings (SSSR count). The van der Waals surface area contributed by atoms with Crippen LogP contribution in [0.1, 0.15) is 26.7 Å². The quantitative estimate of drug-likeness (QED) is 0.729. The third kappa shape index (κ3) is 2.46. The second-order valence-corrected chi connectivity index (χ2v) is 5.24. The van der Waals surface area contributed by atoms with Crippen molar-refractivity contribution in [3.8, 4) is 0 Å². The van der Waals surface area contributed by atoms with Crippen LogP contribution in [0.15, 0.2) is 0 Å². The van der Waals surface area contributed by atoms with E-state index in [2.05, 4.69) is 10.2 Å². The molecule has 0 aliphatic carbocycles. The van der Waals surface area contributed by atoms with Gasteiger partial charge in [-0.2, -0.15) is 0 Å². The van der Waals surface area contributed by atoms with Crippen LogP contribution in [-0.4, -0.2) is 59.9 Å². The van der Waals surface area contributed by atoms with Crippen LogP contribution in [0.3, 0.4) is 0 Å². The van der Waals surface area contributed by atoms with Gasteiger partial charge in [0, 0.05) is 39.0 Å². The van der Waals surface area contributed by atoms with E-state index < -0.39 is 11.5 Å². The normalized spacial score (nSPS) is 40.1. The topological polar surface area (TPSA) is 61.8 Å². The Bertz CT molecular complexity index is 279. The number of carbonyl (C=O) groups is 1. The van der Waals surface area contributed by atoms with Gasteiger partial charge in [-0.05, 0) is 13.8 Å². The van der Waals surface area contributed by atoms with E-state index >= 15 is 0 Å². The highest BCUT2D eigenvalue weighted by atomic mass is 16.5. The van der Waals surface area contributed by atoms with Crippen LogP contribution in [0.5, 0.6) is 0 Å². The molecular formula is C12H22N2O3. The van der Waals surface area contributed by atoms with Gasteiger partial charge < -0.3 is 15.2 Å². The van der Waals surface area contributed by atoms with E-state index in [0.717, 1.165) is 26.2 Å². The van der Waals surface area contributed by atoms with E-state index in [1.165, 1.54) is 0 Å². The summed E-state index contributed by atoms with van der Waals surface area (Å²) in [4.78, 5) is 13.9. The highest BCUT2D eigenvalue weighted by Crippen LogP contribution is 2.34. The van der Waals surface area contributed by atoms with Crippen LogP contribution in [0.2, 0.25) is 0 Å². The van der Waals surface area contributed by atoms with Gasteiger partial charge in [0.25, 0.3) is 0 Å². The molecule has 17 heavy (non-hydrogen) atoms. The molecule has 2 saturated heterocycles. The first kappa shape index (κ1) is 12.8. The molecule has 2 aliphatic heterocycles. The lowest BCUT2D eigenvalue weighted by Gasteiger charge is -2.48. The molecular weight excluding hydrogens is 220 g/mol. The number of piperazine rings is 1. The number of aliphatic carboxylic acids is 1. The number of rotatable bonds is 2. The molecule has 2 heterocycles. The van der Waals surface area contributed by atoms with E-state index in [4.69, 9.17) is 4.74 Å². The maximum Gasteiger partial charge on any atom is 0.324 e. The molecule has 0 aromatic carbocycles. The molecule has 2 unspecified atom stereocenters. The van der Waals surface area contributed by atoms with Crippen molar-refractivity contribution in [2.45, 2.75) is 44.4 Å². The molecule has 2 N–H and O–H groups in total. The van der Waals surface area contributed by atoms with Crippen molar-refractivity contribution < 1.29 is 14.6 Å². The van der Waals surface area contributed by atoms with E-state index in [1.54, 1.807) is 0 Å². The first-order valence-electron chi connectivity index (χ1n) is 6.39. The third-order valence-electron chi connectivity index (χ3n) is 3.84. The van der Waals surface area contributed by atoms with Crippen LogP contribution in [0.25, 0.3) is 0 Å². The Morgan fingerprint density at radius 1 is 1.29 bits per heavy atom. The second-order valence-electron chi connectivity index (χ2n) is 5.24. The molecule has 0 bridgehead atoms. The van der Waals surface area contributed by atoms with Crippen molar-refractivity contribution in [2.24, 2.45) is 0 Å². The minimum atomic E-state index is -0.723. The monoisotopic (exact) mass is 242 g/mol. The summed E-state index contributed by atoms with van der Waals surface area (Å²) in [6.07, 6.45) is 1.22. The smallest absolute Gasteiger partial charge is 0.324 e. The predicted molar refractivity (Wildman–Crippen MR) is 64.1 cm³/mol. The Balaban J connectivity index is 2.21. The summed E-state index contributed by atoms with van der Waals surface area (Å²) in [5, 5.41) is 12.9. The van der Waals surface area contributed by atoms with Crippen LogP contribution in [0, 0.1) is 0 Å². The molecule has 5 nitrogen and oxygen atoms in total. The van der Waals surface area contributed by atoms with E-state index in [1.807, 2.05) is 13.8 Å². The molecule has 0 aromatic rings. The van der Waals surface area contributed by atoms with Gasteiger partial charge in [-0.15, -0.1) is 0 Å². The Kier molecular flexibility index (Phi) is 3.70. The average Bonchev–Trinajstić information content (AvgIpc) is 2.28. The summed E-state index contributed by atoms with van der Waals surface area (Å²) in [6, 6.07) is 0. The maximum absolute atomic E-state index is 11.7. The number of carboxylic acid groups (broad SMARTS) is 1. The minimum Gasteiger partial charge on any atom is -0.480 e. The minimum absolute atomic E-state index is 0.0183. The number of ether oxygens (including phenoxy) is 1. The van der Waals surface area contributed by atoms with Gasteiger partial charge in [-0.1, -0.05) is 0 Å². The van der Waals surface area contributed by atoms with Crippen LogP contribution in [-0.2, 0) is 9.53 Å². The first-order chi connectivity index (χ1) is 8.04. The van der Waals surface area contributed by atoms with Crippen molar-refractivity contribution in [3.63, 3.8) is 0 Å². The molecule has 0 spiro atoms. The molecule has 5 heteroatoms. The molecule has 2 aliphatic rings. The molecule has 0 radical (unpaired) electrons. The fourth-order valence-electron chi connectivity index (χ4n) is 3.19. The van der Waals surface area contributed by atoms with Crippen molar-refractivity contribution in [1.29, 1.82) is 0 Å². The third-order valence-corrected chi connectivity index (χ3v) is 3.84. The van der Waals surface area contributed by atoms with Gasteiger partial charge in [-0.25, -0.2) is 0 Å². The van der Waals surface area contributed by atoms with Crippen molar-refractivity contribution in [1.82, 2.24) is 10.2 Å². The molecule has 98 valence electrons. The van der Waals surface area contributed by atoms with E-state index in [0.29, 0.717) is 12.8 Å². The number of hydrogen-bond acceptors (Lipinski definition) is 4. The van der Waals surface area contributed by atoms with Crippen LogP contribution >= 0.6 is 0 Å². The van der Waals surface area contributed by atoms with Crippen LogP contribution in [0.4, 0.5) is 0 Å². The summed E-state index contributed by atoms with van der Waals surface area (Å²) >= 11 is 0. The fourth-order valence-corrected chi connectivity index (χ4v) is 3.19. The van der Waals surface area contributed by atoms with Gasteiger partial charge in [0.2, 0.25) is 0 Å². The van der Waals surface area contributed by atoms with E-state index in [9.17, 15) is 9.90 Å². The Morgan fingerprint density at radius 2 is 1.82 bits per heavy atom. The molecule has 0 amide bonds. The van der Waals surface area contributed by atoms with Gasteiger partial charge in [0.1, 0.15) is 5.54 Å². The zero-order valence-electron chi connectivity index (χ0n) is 10.6. The predicted octanol–water partition coefficient (Wildman–Crippen LogP) is 0.302. The van der Waals surface area contributed by atoms with E-state index in [-0.39, 0.29) is 12.2 Å². The lowest BCUT2D eigenvalue weighted by molar-refractivity contribution is -0.170. The zero-order chi connectivity index (χ0) is 12.5. The highest BCUT2D eigenvalue weighted by Gasteiger charge is 2.49. The van der Waals surface area contributed by atoms with Crippen molar-refractivity contribution in [2.75, 3.05) is 26.2 Å². The standard InChI is InChI=1S/C12H22N2O3/c1-9-7-12(11(15)16,8-10(2)17-9)14-5-3-13-4-6-14/h9-10,13H,3-8H2,1-2H3,(H,15,16). The molecule has 0 saturated carbocycles. The summed E-state index contributed by atoms with van der Waals surface area (Å²) in [5.41, 5.74) is -0.723. The number of hydrogen-bond donors (Lipinski definition) is 2. The summed E-state index contributed by atoms with van der Waals surface area (Å²) in [6.45, 7) is 7.31. The lowest BCUT2D eigenvalue weighted by atomic mass is 9.82. The number of nitrogens with zero attached hydrogens (tertiary/aromatic N) is 1. The fraction of sp³-hybridized carbons (Fsp3) is 0.917. The largest absolute Gasteiger partial charge is 0.480 e. The lowest BCUT2D eigenvalue weighted by Crippen LogP contribution is -2.64. The Morgan fingerprint density at radius 3 is 2.29 bits per heavy atom. The Labute approximate surface area is 102 Å². The van der Waals surface area contributed by atoms with Gasteiger partial charge in [0.15, 0.2) is 0 Å². The van der Waals surface area contributed by atoms with Gasteiger partial charge >= 0.3 is 5.97 Å². The summed E-state index contributed by atoms with van der Waals surface area (Å²) in [7, 11) is 0. The average molecular weight is 242 g/mol. The maximum atomic E-state index is 11.7. The second kappa shape index (κ2) is 4.92. The number of carboxylic acids is 1. The first-order valence-corrected chi connectivity index (χ1v) is 6.39. The summed E-state index contributed by atoms with van der Waals surface area (Å²) in [5.74, 6) is -0.693. The molecule has 2 atom stereocenters.